The van der Waals surface area contributed by atoms with Crippen molar-refractivity contribution in [1.82, 2.24) is 9.55 Å². The molecule has 6 heteroatoms. The molecule has 3 rings (SSSR count). The van der Waals surface area contributed by atoms with E-state index in [1.54, 1.807) is 30.3 Å². The fourth-order valence-electron chi connectivity index (χ4n) is 2.32. The summed E-state index contributed by atoms with van der Waals surface area (Å²) >= 11 is 11.7. The Kier molecular flexibility index (Phi) is 4.05. The lowest BCUT2D eigenvalue weighted by Gasteiger charge is -2.07. The lowest BCUT2D eigenvalue weighted by molar-refractivity contribution is 0.636. The summed E-state index contributed by atoms with van der Waals surface area (Å²) in [5.74, 6) is 0. The van der Waals surface area contributed by atoms with E-state index in [1.165, 1.54) is 4.57 Å². The second-order valence-electron chi connectivity index (χ2n) is 4.95. The van der Waals surface area contributed by atoms with Crippen LogP contribution in [0.4, 0.5) is 0 Å². The number of aromatic nitrogens is 2. The van der Waals surface area contributed by atoms with Gasteiger partial charge in [-0.2, -0.15) is 0 Å². The van der Waals surface area contributed by atoms with E-state index in [0.29, 0.717) is 33.9 Å². The first-order chi connectivity index (χ1) is 10.5. The number of hydrogen-bond donors (Lipinski definition) is 1. The van der Waals surface area contributed by atoms with E-state index in [-0.39, 0.29) is 5.56 Å². The van der Waals surface area contributed by atoms with Gasteiger partial charge in [0.15, 0.2) is 0 Å². The Balaban J connectivity index is 1.97. The van der Waals surface area contributed by atoms with Crippen molar-refractivity contribution in [2.24, 2.45) is 0 Å². The van der Waals surface area contributed by atoms with Gasteiger partial charge in [0.2, 0.25) is 0 Å². The Labute approximate surface area is 135 Å². The number of aromatic amines is 1. The topological polar surface area (TPSA) is 54.9 Å². The molecule has 4 nitrogen and oxygen atoms in total. The van der Waals surface area contributed by atoms with Crippen LogP contribution in [0.2, 0.25) is 10.0 Å². The highest BCUT2D eigenvalue weighted by molar-refractivity contribution is 6.31. The van der Waals surface area contributed by atoms with Gasteiger partial charge in [0.1, 0.15) is 0 Å². The van der Waals surface area contributed by atoms with Crippen molar-refractivity contribution >= 4 is 34.1 Å². The van der Waals surface area contributed by atoms with E-state index in [1.807, 2.05) is 12.1 Å². The molecule has 1 aromatic heterocycles. The molecule has 0 saturated heterocycles. The second kappa shape index (κ2) is 5.99. The predicted octanol–water partition coefficient (Wildman–Crippen LogP) is 3.24. The number of aryl methyl sites for hydroxylation is 1. The van der Waals surface area contributed by atoms with Crippen molar-refractivity contribution < 1.29 is 0 Å². The van der Waals surface area contributed by atoms with Crippen LogP contribution in [-0.2, 0) is 13.0 Å². The van der Waals surface area contributed by atoms with Crippen LogP contribution in [0.3, 0.4) is 0 Å². The van der Waals surface area contributed by atoms with Crippen LogP contribution in [0.5, 0.6) is 0 Å². The summed E-state index contributed by atoms with van der Waals surface area (Å²) in [7, 11) is 0. The Hall–Kier alpha value is -2.04. The van der Waals surface area contributed by atoms with Gasteiger partial charge in [-0.15, -0.1) is 0 Å². The third-order valence-corrected chi connectivity index (χ3v) is 3.97. The molecule has 0 aliphatic heterocycles. The maximum atomic E-state index is 12.4. The number of rotatable bonds is 3. The van der Waals surface area contributed by atoms with E-state index in [0.717, 1.165) is 5.56 Å². The van der Waals surface area contributed by atoms with Gasteiger partial charge in [-0.3, -0.25) is 9.36 Å². The third-order valence-electron chi connectivity index (χ3n) is 3.48. The molecule has 0 spiro atoms. The van der Waals surface area contributed by atoms with Crippen molar-refractivity contribution in [1.29, 1.82) is 0 Å². The van der Waals surface area contributed by atoms with Gasteiger partial charge in [0, 0.05) is 16.6 Å². The summed E-state index contributed by atoms with van der Waals surface area (Å²) in [6, 6.07) is 12.1. The normalized spacial score (nSPS) is 11.0. The third kappa shape index (κ3) is 2.93. The van der Waals surface area contributed by atoms with Gasteiger partial charge in [-0.05, 0) is 42.3 Å². The number of halogens is 2. The zero-order valence-electron chi connectivity index (χ0n) is 11.5. The fraction of sp³-hybridized carbons (Fsp3) is 0.125. The van der Waals surface area contributed by atoms with Gasteiger partial charge in [0.25, 0.3) is 5.56 Å². The highest BCUT2D eigenvalue weighted by Crippen LogP contribution is 2.14. The summed E-state index contributed by atoms with van der Waals surface area (Å²) in [4.78, 5) is 27.2. The second-order valence-corrected chi connectivity index (χ2v) is 5.83. The minimum Gasteiger partial charge on any atom is -0.307 e. The molecule has 0 atom stereocenters. The predicted molar refractivity (Wildman–Crippen MR) is 89.0 cm³/mol. The molecule has 0 fully saturated rings. The molecule has 112 valence electrons. The lowest BCUT2D eigenvalue weighted by atomic mass is 10.1. The Morgan fingerprint density at radius 3 is 2.36 bits per heavy atom. The first kappa shape index (κ1) is 14.9. The Bertz CT molecular complexity index is 943. The van der Waals surface area contributed by atoms with Crippen molar-refractivity contribution in [3.8, 4) is 0 Å². The van der Waals surface area contributed by atoms with Crippen LogP contribution < -0.4 is 11.2 Å². The van der Waals surface area contributed by atoms with E-state index < -0.39 is 5.69 Å². The molecule has 0 aliphatic rings. The minimum absolute atomic E-state index is 0.300. The Morgan fingerprint density at radius 2 is 1.64 bits per heavy atom. The highest BCUT2D eigenvalue weighted by Gasteiger charge is 2.08. The van der Waals surface area contributed by atoms with Crippen LogP contribution in [-0.4, -0.2) is 9.55 Å². The number of H-pyrrole nitrogens is 1. The van der Waals surface area contributed by atoms with Gasteiger partial charge >= 0.3 is 5.69 Å². The molecule has 22 heavy (non-hydrogen) atoms. The van der Waals surface area contributed by atoms with E-state index in [4.69, 9.17) is 23.2 Å². The first-order valence-electron chi connectivity index (χ1n) is 6.71. The highest BCUT2D eigenvalue weighted by atomic mass is 35.5. The Morgan fingerprint density at radius 1 is 0.955 bits per heavy atom. The lowest BCUT2D eigenvalue weighted by Crippen LogP contribution is -2.35. The van der Waals surface area contributed by atoms with Gasteiger partial charge in [-0.1, -0.05) is 35.3 Å². The van der Waals surface area contributed by atoms with Gasteiger partial charge in [0.05, 0.1) is 10.9 Å². The largest absolute Gasteiger partial charge is 0.328 e. The van der Waals surface area contributed by atoms with E-state index in [2.05, 4.69) is 4.98 Å². The van der Waals surface area contributed by atoms with E-state index in [9.17, 15) is 9.59 Å². The summed E-state index contributed by atoms with van der Waals surface area (Å²) in [5, 5.41) is 1.57. The molecule has 0 bridgehead atoms. The van der Waals surface area contributed by atoms with Crippen LogP contribution in [0.15, 0.2) is 52.1 Å². The number of nitrogens with one attached hydrogen (secondary N) is 1. The standard InChI is InChI=1S/C16H12Cl2N2O2/c17-11-3-1-10(2-4-11)7-8-20-15(21)13-6-5-12(18)9-14(13)19-16(20)22/h1-6,9H,7-8H2,(H,19,22). The molecule has 1 N–H and O–H groups in total. The molecule has 0 saturated carbocycles. The quantitative estimate of drug-likeness (QED) is 0.799. The summed E-state index contributed by atoms with van der Waals surface area (Å²) < 4.78 is 1.20. The van der Waals surface area contributed by atoms with Crippen molar-refractivity contribution in [2.45, 2.75) is 13.0 Å². The summed E-state index contributed by atoms with van der Waals surface area (Å²) in [6.45, 7) is 0.300. The van der Waals surface area contributed by atoms with Crippen LogP contribution >= 0.6 is 23.2 Å². The molecular formula is C16H12Cl2N2O2. The first-order valence-corrected chi connectivity index (χ1v) is 7.47. The zero-order chi connectivity index (χ0) is 15.7. The average molecular weight is 335 g/mol. The number of hydrogen-bond acceptors (Lipinski definition) is 2. The number of fused-ring (bicyclic) bond motifs is 1. The summed E-state index contributed by atoms with van der Waals surface area (Å²) in [5.41, 5.74) is 0.704. The maximum absolute atomic E-state index is 12.4. The fourth-order valence-corrected chi connectivity index (χ4v) is 2.62. The van der Waals surface area contributed by atoms with Crippen molar-refractivity contribution in [3.63, 3.8) is 0 Å². The number of nitrogens with zero attached hydrogens (tertiary/aromatic N) is 1. The van der Waals surface area contributed by atoms with Crippen LogP contribution in [0.1, 0.15) is 5.56 Å². The van der Waals surface area contributed by atoms with Crippen molar-refractivity contribution in [3.05, 3.63) is 78.9 Å². The monoisotopic (exact) mass is 334 g/mol. The van der Waals surface area contributed by atoms with Gasteiger partial charge in [-0.25, -0.2) is 4.79 Å². The molecule has 0 aliphatic carbocycles. The molecule has 0 unspecified atom stereocenters. The summed E-state index contributed by atoms with van der Waals surface area (Å²) in [6.07, 6.45) is 0.569. The van der Waals surface area contributed by atoms with Crippen LogP contribution in [0.25, 0.3) is 10.9 Å². The zero-order valence-corrected chi connectivity index (χ0v) is 13.0. The maximum Gasteiger partial charge on any atom is 0.328 e. The molecular weight excluding hydrogens is 323 g/mol. The molecule has 3 aromatic rings. The molecule has 2 aromatic carbocycles. The molecule has 1 heterocycles. The smallest absolute Gasteiger partial charge is 0.307 e. The molecule has 0 amide bonds. The SMILES string of the molecule is O=c1[nH]c2cc(Cl)ccc2c(=O)n1CCc1ccc(Cl)cc1. The average Bonchev–Trinajstić information content (AvgIpc) is 2.48. The van der Waals surface area contributed by atoms with Crippen molar-refractivity contribution in [2.75, 3.05) is 0 Å². The van der Waals surface area contributed by atoms with Crippen LogP contribution in [0, 0.1) is 0 Å². The molecule has 0 radical (unpaired) electrons. The minimum atomic E-state index is -0.436. The van der Waals surface area contributed by atoms with E-state index >= 15 is 0 Å². The van der Waals surface area contributed by atoms with Gasteiger partial charge < -0.3 is 4.98 Å². The number of benzene rings is 2.